The van der Waals surface area contributed by atoms with E-state index in [-0.39, 0.29) is 34.7 Å². The van der Waals surface area contributed by atoms with E-state index in [1.54, 1.807) is 30.3 Å². The molecule has 9 nitrogen and oxygen atoms in total. The molecule has 1 aromatic heterocycles. The van der Waals surface area contributed by atoms with Gasteiger partial charge in [-0.05, 0) is 30.2 Å². The smallest absolute Gasteiger partial charge is 0.310 e. The van der Waals surface area contributed by atoms with Crippen LogP contribution in [0.1, 0.15) is 27.0 Å². The number of para-hydroxylation sites is 2. The first-order valence-electron chi connectivity index (χ1n) is 9.25. The highest BCUT2D eigenvalue weighted by Gasteiger charge is 2.25. The van der Waals surface area contributed by atoms with Gasteiger partial charge in [0, 0.05) is 11.1 Å². The van der Waals surface area contributed by atoms with Crippen LogP contribution in [-0.4, -0.2) is 27.0 Å². The number of hydrogen-bond donors (Lipinski definition) is 1. The second-order valence-corrected chi connectivity index (χ2v) is 7.14. The van der Waals surface area contributed by atoms with Gasteiger partial charge in [-0.2, -0.15) is 5.26 Å². The number of hydrogen-bond acceptors (Lipinski definition) is 7. The summed E-state index contributed by atoms with van der Waals surface area (Å²) in [5.41, 5.74) is -1.23. The van der Waals surface area contributed by atoms with Crippen molar-refractivity contribution in [1.82, 2.24) is 4.57 Å². The van der Waals surface area contributed by atoms with Gasteiger partial charge in [-0.3, -0.25) is 24.3 Å². The van der Waals surface area contributed by atoms with Crippen molar-refractivity contribution < 1.29 is 19.6 Å². The lowest BCUT2D eigenvalue weighted by Crippen LogP contribution is -2.28. The molecule has 162 valence electrons. The number of ether oxygens (including phenoxy) is 1. The molecule has 10 heteroatoms. The van der Waals surface area contributed by atoms with Crippen LogP contribution in [0, 0.1) is 28.4 Å². The molecule has 0 aliphatic rings. The summed E-state index contributed by atoms with van der Waals surface area (Å²) in [7, 11) is 0. The average molecular weight is 454 g/mol. The van der Waals surface area contributed by atoms with E-state index < -0.39 is 28.8 Å². The maximum absolute atomic E-state index is 12.9. The van der Waals surface area contributed by atoms with Crippen LogP contribution >= 0.6 is 11.6 Å². The van der Waals surface area contributed by atoms with Crippen LogP contribution in [-0.2, 0) is 6.54 Å². The number of nitriles is 1. The van der Waals surface area contributed by atoms with Crippen molar-refractivity contribution in [2.45, 2.75) is 13.5 Å². The maximum atomic E-state index is 12.9. The molecule has 0 aliphatic carbocycles. The molecule has 1 N–H and O–H groups in total. The number of benzene rings is 2. The van der Waals surface area contributed by atoms with Gasteiger partial charge in [0.15, 0.2) is 12.4 Å². The third kappa shape index (κ3) is 4.31. The Morgan fingerprint density at radius 2 is 1.91 bits per heavy atom. The van der Waals surface area contributed by atoms with Gasteiger partial charge in [-0.15, -0.1) is 0 Å². The minimum atomic E-state index is -0.779. The second kappa shape index (κ2) is 9.32. The maximum Gasteiger partial charge on any atom is 0.310 e. The van der Waals surface area contributed by atoms with E-state index in [4.69, 9.17) is 16.3 Å². The largest absolute Gasteiger partial charge is 0.494 e. The second-order valence-electron chi connectivity index (χ2n) is 6.73. The molecule has 0 atom stereocenters. The number of rotatable bonds is 7. The fourth-order valence-corrected chi connectivity index (χ4v) is 3.37. The third-order valence-electron chi connectivity index (χ3n) is 4.79. The van der Waals surface area contributed by atoms with E-state index in [9.17, 15) is 30.1 Å². The third-order valence-corrected chi connectivity index (χ3v) is 5.15. The summed E-state index contributed by atoms with van der Waals surface area (Å²) in [6, 6.07) is 13.9. The average Bonchev–Trinajstić information content (AvgIpc) is 2.77. The van der Waals surface area contributed by atoms with Crippen molar-refractivity contribution in [3.63, 3.8) is 0 Å². The van der Waals surface area contributed by atoms with Gasteiger partial charge in [-0.1, -0.05) is 41.9 Å². The summed E-state index contributed by atoms with van der Waals surface area (Å²) in [5, 5.41) is 31.7. The molecule has 1 heterocycles. The molecule has 0 bridgehead atoms. The molecule has 0 aliphatic heterocycles. The summed E-state index contributed by atoms with van der Waals surface area (Å²) >= 11 is 6.14. The number of nitro benzene ring substituents is 1. The molecule has 3 rings (SSSR count). The Balaban J connectivity index is 2.02. The highest BCUT2D eigenvalue weighted by atomic mass is 35.5. The first-order valence-corrected chi connectivity index (χ1v) is 9.63. The van der Waals surface area contributed by atoms with E-state index in [1.807, 2.05) is 0 Å². The molecular formula is C22H16ClN3O6. The van der Waals surface area contributed by atoms with Crippen molar-refractivity contribution in [2.24, 2.45) is 0 Å². The van der Waals surface area contributed by atoms with Crippen LogP contribution < -0.4 is 10.3 Å². The van der Waals surface area contributed by atoms with Gasteiger partial charge >= 0.3 is 5.69 Å². The number of nitro groups is 1. The fourth-order valence-electron chi connectivity index (χ4n) is 3.17. The topological polar surface area (TPSA) is 135 Å². The SMILES string of the molecule is Cc1c(C(=O)COc2ccccc2[N+](=O)[O-])c(O)n(Cc2ccccc2Cl)c(=O)c1C#N. The first-order chi connectivity index (χ1) is 15.3. The van der Waals surface area contributed by atoms with Gasteiger partial charge in [0.1, 0.15) is 11.6 Å². The minimum Gasteiger partial charge on any atom is -0.494 e. The van der Waals surface area contributed by atoms with Crippen LogP contribution in [0.5, 0.6) is 11.6 Å². The molecule has 0 saturated heterocycles. The molecule has 2 aromatic carbocycles. The fraction of sp³-hybridized carbons (Fsp3) is 0.136. The minimum absolute atomic E-state index is 0.0124. The summed E-state index contributed by atoms with van der Waals surface area (Å²) < 4.78 is 6.19. The zero-order valence-corrected chi connectivity index (χ0v) is 17.5. The number of aromatic nitrogens is 1. The predicted molar refractivity (Wildman–Crippen MR) is 115 cm³/mol. The summed E-state index contributed by atoms with van der Waals surface area (Å²) in [6.07, 6.45) is 0. The lowest BCUT2D eigenvalue weighted by Gasteiger charge is -2.16. The van der Waals surface area contributed by atoms with Crippen molar-refractivity contribution in [3.05, 3.63) is 96.3 Å². The summed E-state index contributed by atoms with van der Waals surface area (Å²) in [6.45, 7) is 0.525. The van der Waals surface area contributed by atoms with Crippen molar-refractivity contribution in [2.75, 3.05) is 6.61 Å². The highest BCUT2D eigenvalue weighted by molar-refractivity contribution is 6.31. The van der Waals surface area contributed by atoms with Gasteiger partial charge in [-0.25, -0.2) is 0 Å². The standard InChI is InChI=1S/C22H16ClN3O6/c1-13-15(10-24)21(28)25(11-14-6-2-3-7-16(14)23)22(29)20(13)18(27)12-32-19-9-5-4-8-17(19)26(30)31/h2-9,29H,11-12H2,1H3. The van der Waals surface area contributed by atoms with Crippen LogP contribution in [0.15, 0.2) is 53.3 Å². The number of halogens is 1. The Labute approximate surface area is 186 Å². The van der Waals surface area contributed by atoms with E-state index in [2.05, 4.69) is 0 Å². The predicted octanol–water partition coefficient (Wildman–Crippen LogP) is 3.61. The Kier molecular flexibility index (Phi) is 6.56. The lowest BCUT2D eigenvalue weighted by molar-refractivity contribution is -0.385. The van der Waals surface area contributed by atoms with Crippen LogP contribution in [0.4, 0.5) is 5.69 Å². The Bertz CT molecular complexity index is 1330. The van der Waals surface area contributed by atoms with Crippen molar-refractivity contribution in [3.8, 4) is 17.7 Å². The number of carbonyl (C=O) groups is 1. The molecule has 0 saturated carbocycles. The van der Waals surface area contributed by atoms with Gasteiger partial charge in [0.25, 0.3) is 5.56 Å². The van der Waals surface area contributed by atoms with Gasteiger partial charge in [0.2, 0.25) is 11.7 Å². The van der Waals surface area contributed by atoms with Crippen molar-refractivity contribution in [1.29, 1.82) is 5.26 Å². The van der Waals surface area contributed by atoms with Gasteiger partial charge < -0.3 is 9.84 Å². The number of aromatic hydroxyl groups is 1. The van der Waals surface area contributed by atoms with Crippen LogP contribution in [0.25, 0.3) is 0 Å². The Morgan fingerprint density at radius 3 is 2.56 bits per heavy atom. The van der Waals surface area contributed by atoms with Crippen LogP contribution in [0.2, 0.25) is 5.02 Å². The number of pyridine rings is 1. The molecule has 0 fully saturated rings. The molecule has 0 spiro atoms. The number of ketones is 1. The molecular weight excluding hydrogens is 438 g/mol. The zero-order chi connectivity index (χ0) is 23.4. The number of carbonyl (C=O) groups excluding carboxylic acids is 1. The molecule has 32 heavy (non-hydrogen) atoms. The Morgan fingerprint density at radius 1 is 1.25 bits per heavy atom. The molecule has 0 unspecified atom stereocenters. The highest BCUT2D eigenvalue weighted by Crippen LogP contribution is 2.28. The summed E-state index contributed by atoms with van der Waals surface area (Å²) in [4.78, 5) is 36.1. The normalized spacial score (nSPS) is 10.4. The van der Waals surface area contributed by atoms with Gasteiger partial charge in [0.05, 0.1) is 17.0 Å². The molecule has 0 radical (unpaired) electrons. The monoisotopic (exact) mass is 453 g/mol. The van der Waals surface area contributed by atoms with E-state index >= 15 is 0 Å². The van der Waals surface area contributed by atoms with Crippen molar-refractivity contribution >= 4 is 23.1 Å². The quantitative estimate of drug-likeness (QED) is 0.328. The number of Topliss-reactive ketones (excluding diaryl/α,β-unsaturated/α-hetero) is 1. The Hall–Kier alpha value is -4.16. The molecule has 3 aromatic rings. The van der Waals surface area contributed by atoms with E-state index in [0.717, 1.165) is 4.57 Å². The first kappa shape index (κ1) is 22.5. The van der Waals surface area contributed by atoms with Crippen LogP contribution in [0.3, 0.4) is 0 Å². The number of nitrogens with zero attached hydrogens (tertiary/aromatic N) is 3. The summed E-state index contributed by atoms with van der Waals surface area (Å²) in [5.74, 6) is -1.54. The van der Waals surface area contributed by atoms with E-state index in [1.165, 1.54) is 31.2 Å². The van der Waals surface area contributed by atoms with E-state index in [0.29, 0.717) is 10.6 Å². The molecule has 0 amide bonds. The lowest BCUT2D eigenvalue weighted by atomic mass is 10.0. The zero-order valence-electron chi connectivity index (χ0n) is 16.7.